The van der Waals surface area contributed by atoms with Crippen LogP contribution in [0.15, 0.2) is 0 Å². The van der Waals surface area contributed by atoms with Crippen molar-refractivity contribution in [2.24, 2.45) is 5.92 Å². The lowest BCUT2D eigenvalue weighted by atomic mass is 9.86. The second-order valence-electron chi connectivity index (χ2n) is 14.4. The molecule has 7 heterocycles. The van der Waals surface area contributed by atoms with Gasteiger partial charge in [0.1, 0.15) is 11.2 Å². The largest absolute Gasteiger partial charge is 0.369 e. The third-order valence-electron chi connectivity index (χ3n) is 11.1. The predicted molar refractivity (Wildman–Crippen MR) is 131 cm³/mol. The number of hydrogen-bond acceptors (Lipinski definition) is 7. The Morgan fingerprint density at radius 1 is 0.556 bits per heavy atom. The topological polar surface area (TPSA) is 64.6 Å². The van der Waals surface area contributed by atoms with Gasteiger partial charge in [-0.3, -0.25) is 0 Å². The molecule has 7 nitrogen and oxygen atoms in total. The molecule has 0 saturated carbocycles. The number of fused-ring (bicyclic) bond motifs is 7. The summed E-state index contributed by atoms with van der Waals surface area (Å²) in [5, 5.41) is 0. The maximum Gasteiger partial charge on any atom is 0.198 e. The van der Waals surface area contributed by atoms with Crippen molar-refractivity contribution >= 4 is 0 Å². The van der Waals surface area contributed by atoms with E-state index in [1.165, 1.54) is 0 Å². The Labute approximate surface area is 216 Å². The Hall–Kier alpha value is -0.280. The van der Waals surface area contributed by atoms with Crippen LogP contribution in [0.3, 0.4) is 0 Å². The van der Waals surface area contributed by atoms with Gasteiger partial charge in [-0.05, 0) is 86.0 Å². The highest BCUT2D eigenvalue weighted by Gasteiger charge is 2.69. The van der Waals surface area contributed by atoms with Crippen molar-refractivity contribution in [3.05, 3.63) is 0 Å². The molecule has 0 radical (unpaired) electrons. The van der Waals surface area contributed by atoms with Gasteiger partial charge >= 0.3 is 0 Å². The molecule has 2 spiro atoms. The zero-order valence-electron chi connectivity index (χ0n) is 23.3. The van der Waals surface area contributed by atoms with Crippen LogP contribution in [-0.2, 0) is 33.2 Å². The fraction of sp³-hybridized carbons (Fsp3) is 1.00. The maximum absolute atomic E-state index is 7.05. The van der Waals surface area contributed by atoms with E-state index in [2.05, 4.69) is 48.5 Å². The molecule has 36 heavy (non-hydrogen) atoms. The normalized spacial score (nSPS) is 58.9. The lowest BCUT2D eigenvalue weighted by molar-refractivity contribution is -0.411. The zero-order chi connectivity index (χ0) is 25.4. The zero-order valence-corrected chi connectivity index (χ0v) is 23.3. The Kier molecular flexibility index (Phi) is 5.13. The van der Waals surface area contributed by atoms with Gasteiger partial charge in [0.2, 0.25) is 0 Å². The van der Waals surface area contributed by atoms with Crippen LogP contribution in [-0.4, -0.2) is 70.6 Å². The Morgan fingerprint density at radius 2 is 1.08 bits per heavy atom. The van der Waals surface area contributed by atoms with Crippen LogP contribution in [0.1, 0.15) is 106 Å². The lowest BCUT2D eigenvalue weighted by Gasteiger charge is -2.54. The molecule has 204 valence electrons. The standard InChI is InChI=1S/C29H46O7/c1-17-8-14-28(26(6)12-10-21(33-26)24(2,3)35-28)32-20-16-19(30-23(17)20)18-9-15-29(31-18)27(7)13-11-22(34-27)25(4,5)36-29/h17-23H,8-16H2,1-7H3/t17-,18+,19+,20?,21-,22+,23?,26+,27-,28+,29-/m0/s1. The van der Waals surface area contributed by atoms with Gasteiger partial charge in [-0.2, -0.15) is 0 Å². The average molecular weight is 507 g/mol. The van der Waals surface area contributed by atoms with Gasteiger partial charge in [0.15, 0.2) is 11.6 Å². The van der Waals surface area contributed by atoms with Crippen LogP contribution >= 0.6 is 0 Å². The van der Waals surface area contributed by atoms with Crippen molar-refractivity contribution in [1.29, 1.82) is 0 Å². The highest BCUT2D eigenvalue weighted by Crippen LogP contribution is 2.59. The first-order valence-electron chi connectivity index (χ1n) is 14.6. The number of hydrogen-bond donors (Lipinski definition) is 0. The van der Waals surface area contributed by atoms with E-state index in [1.807, 2.05) is 0 Å². The molecule has 7 aliphatic rings. The van der Waals surface area contributed by atoms with Gasteiger partial charge in [0.25, 0.3) is 0 Å². The molecule has 7 rings (SSSR count). The van der Waals surface area contributed by atoms with Crippen LogP contribution in [0.25, 0.3) is 0 Å². The quantitative estimate of drug-likeness (QED) is 0.495. The van der Waals surface area contributed by atoms with Crippen LogP contribution in [0.5, 0.6) is 0 Å². The van der Waals surface area contributed by atoms with E-state index >= 15 is 0 Å². The first-order valence-corrected chi connectivity index (χ1v) is 14.6. The molecule has 0 amide bonds. The Morgan fingerprint density at radius 3 is 1.67 bits per heavy atom. The first kappa shape index (κ1) is 24.7. The monoisotopic (exact) mass is 506 g/mol. The van der Waals surface area contributed by atoms with E-state index in [4.69, 9.17) is 33.2 Å². The minimum atomic E-state index is -0.732. The van der Waals surface area contributed by atoms with Gasteiger partial charge in [0.05, 0.1) is 47.8 Å². The summed E-state index contributed by atoms with van der Waals surface area (Å²) in [6.45, 7) is 15.3. The molecule has 7 aliphatic heterocycles. The smallest absolute Gasteiger partial charge is 0.198 e. The third-order valence-corrected chi connectivity index (χ3v) is 11.1. The predicted octanol–water partition coefficient (Wildman–Crippen LogP) is 5.02. The van der Waals surface area contributed by atoms with E-state index < -0.39 is 22.8 Å². The van der Waals surface area contributed by atoms with Crippen molar-refractivity contribution in [1.82, 2.24) is 0 Å². The van der Waals surface area contributed by atoms with Crippen molar-refractivity contribution in [3.8, 4) is 0 Å². The summed E-state index contributed by atoms with van der Waals surface area (Å²) < 4.78 is 47.6. The summed E-state index contributed by atoms with van der Waals surface area (Å²) in [5.74, 6) is -1.05. The molecule has 0 aliphatic carbocycles. The second-order valence-corrected chi connectivity index (χ2v) is 14.4. The molecular weight excluding hydrogens is 460 g/mol. The molecule has 4 bridgehead atoms. The molecule has 0 aromatic heterocycles. The van der Waals surface area contributed by atoms with Crippen LogP contribution in [0, 0.1) is 5.92 Å². The molecule has 7 fully saturated rings. The molecular formula is C29H46O7. The van der Waals surface area contributed by atoms with Crippen molar-refractivity contribution in [2.75, 3.05) is 0 Å². The van der Waals surface area contributed by atoms with Gasteiger partial charge in [0, 0.05) is 19.3 Å². The van der Waals surface area contributed by atoms with Crippen molar-refractivity contribution < 1.29 is 33.2 Å². The average Bonchev–Trinajstić information content (AvgIpc) is 3.54. The fourth-order valence-corrected chi connectivity index (χ4v) is 8.75. The molecule has 0 aromatic rings. The van der Waals surface area contributed by atoms with Crippen LogP contribution < -0.4 is 0 Å². The summed E-state index contributed by atoms with van der Waals surface area (Å²) >= 11 is 0. The summed E-state index contributed by atoms with van der Waals surface area (Å²) in [6.07, 6.45) is 8.60. The molecule has 2 unspecified atom stereocenters. The van der Waals surface area contributed by atoms with Gasteiger partial charge in [-0.25, -0.2) is 0 Å². The molecule has 7 saturated heterocycles. The van der Waals surface area contributed by atoms with E-state index in [1.54, 1.807) is 0 Å². The van der Waals surface area contributed by atoms with E-state index in [0.717, 1.165) is 57.8 Å². The van der Waals surface area contributed by atoms with Crippen LogP contribution in [0.4, 0.5) is 0 Å². The van der Waals surface area contributed by atoms with E-state index in [-0.39, 0.29) is 47.8 Å². The SMILES string of the molecule is C[C@H]1CC[C@@]2(OC3C[C@H]([C@H]4CC[C@]5(O4)OC(C)(C)[C@H]4CC[C@]5(C)O4)OC31)OC(C)(C)[C@@H]1CC[C@@]2(C)O1. The van der Waals surface area contributed by atoms with E-state index in [9.17, 15) is 0 Å². The van der Waals surface area contributed by atoms with Gasteiger partial charge < -0.3 is 33.2 Å². The van der Waals surface area contributed by atoms with Gasteiger partial charge in [-0.1, -0.05) is 6.92 Å². The fourth-order valence-electron chi connectivity index (χ4n) is 8.75. The summed E-state index contributed by atoms with van der Waals surface area (Å²) in [6, 6.07) is 0. The number of rotatable bonds is 1. The first-order chi connectivity index (χ1) is 16.8. The molecule has 7 heteroatoms. The van der Waals surface area contributed by atoms with Crippen LogP contribution in [0.2, 0.25) is 0 Å². The van der Waals surface area contributed by atoms with E-state index in [0.29, 0.717) is 5.92 Å². The maximum atomic E-state index is 7.05. The Bertz CT molecular complexity index is 921. The van der Waals surface area contributed by atoms with Crippen molar-refractivity contribution in [2.45, 2.75) is 177 Å². The minimum absolute atomic E-state index is 0.0203. The highest BCUT2D eigenvalue weighted by molar-refractivity contribution is 5.12. The van der Waals surface area contributed by atoms with Gasteiger partial charge in [-0.15, -0.1) is 0 Å². The summed E-state index contributed by atoms with van der Waals surface area (Å²) in [5.41, 5.74) is -1.53. The molecule has 11 atom stereocenters. The minimum Gasteiger partial charge on any atom is -0.369 e. The molecule has 0 N–H and O–H groups in total. The number of ether oxygens (including phenoxy) is 7. The Balaban J connectivity index is 1.12. The molecule has 0 aromatic carbocycles. The lowest BCUT2D eigenvalue weighted by Crippen LogP contribution is -2.65. The highest BCUT2D eigenvalue weighted by atomic mass is 16.8. The second kappa shape index (κ2) is 7.47. The van der Waals surface area contributed by atoms with Crippen molar-refractivity contribution in [3.63, 3.8) is 0 Å². The summed E-state index contributed by atoms with van der Waals surface area (Å²) in [7, 11) is 0. The third kappa shape index (κ3) is 3.23. The summed E-state index contributed by atoms with van der Waals surface area (Å²) in [4.78, 5) is 0.